The van der Waals surface area contributed by atoms with Crippen LogP contribution >= 0.6 is 58.0 Å². The summed E-state index contributed by atoms with van der Waals surface area (Å²) in [6, 6.07) is 66.2. The number of hydrogen-bond acceptors (Lipinski definition) is 18. The molecule has 0 atom stereocenters. The van der Waals surface area contributed by atoms with Gasteiger partial charge in [-0.15, -0.1) is 5.10 Å². The van der Waals surface area contributed by atoms with Crippen LogP contribution in [-0.2, 0) is 37.6 Å². The summed E-state index contributed by atoms with van der Waals surface area (Å²) in [5.41, 5.74) is 18.4. The minimum absolute atomic E-state index is 0.109. The molecule has 10 aromatic carbocycles. The first-order valence-corrected chi connectivity index (χ1v) is 42.9. The van der Waals surface area contributed by atoms with E-state index in [-0.39, 0.29) is 5.41 Å². The molecule has 0 radical (unpaired) electrons. The van der Waals surface area contributed by atoms with Gasteiger partial charge in [-0.25, -0.2) is 0 Å². The van der Waals surface area contributed by atoms with E-state index in [0.29, 0.717) is 39.2 Å². The molecule has 4 aliphatic heterocycles. The molecular formula is C99H105Cl5N12O7. The fourth-order valence-corrected chi connectivity index (χ4v) is 14.7. The van der Waals surface area contributed by atoms with Crippen molar-refractivity contribution in [2.75, 3.05) is 19.5 Å². The van der Waals surface area contributed by atoms with Gasteiger partial charge in [0.2, 0.25) is 5.95 Å². The molecular weight excluding hydrogens is 1650 g/mol. The van der Waals surface area contributed by atoms with Gasteiger partial charge in [-0.2, -0.15) is 45.8 Å². The van der Waals surface area contributed by atoms with Crippen molar-refractivity contribution >= 4 is 110 Å². The van der Waals surface area contributed by atoms with E-state index in [1.54, 1.807) is 14.2 Å². The summed E-state index contributed by atoms with van der Waals surface area (Å²) in [5.74, 6) is 11.0. The fraction of sp³-hybridized carbons (Fsp3) is 0.293. The zero-order valence-corrected chi connectivity index (χ0v) is 75.9. The topological polar surface area (TPSA) is 217 Å². The van der Waals surface area contributed by atoms with Crippen LogP contribution in [-0.4, -0.2) is 75.1 Å². The van der Waals surface area contributed by atoms with Gasteiger partial charge < -0.3 is 38.5 Å². The van der Waals surface area contributed by atoms with Crippen molar-refractivity contribution in [1.82, 2.24) is 15.2 Å². The third kappa shape index (κ3) is 28.0. The van der Waals surface area contributed by atoms with Gasteiger partial charge in [0.25, 0.3) is 0 Å². The predicted octanol–water partition coefficient (Wildman–Crippen LogP) is 28.4. The lowest BCUT2D eigenvalue weighted by atomic mass is 9.87. The van der Waals surface area contributed by atoms with Gasteiger partial charge in [-0.3, -0.25) is 5.10 Å². The van der Waals surface area contributed by atoms with E-state index >= 15 is 0 Å². The number of aromatic nitrogens is 3. The highest BCUT2D eigenvalue weighted by molar-refractivity contribution is 6.33. The second kappa shape index (κ2) is 45.1. The molecule has 19 nitrogen and oxygen atoms in total. The van der Waals surface area contributed by atoms with Crippen LogP contribution in [0.25, 0.3) is 0 Å². The van der Waals surface area contributed by atoms with Gasteiger partial charge in [0, 0.05) is 137 Å². The minimum atomic E-state index is 0.109. The molecule has 0 bridgehead atoms. The maximum atomic E-state index is 6.49. The minimum Gasteiger partial charge on any atom is -0.497 e. The maximum absolute atomic E-state index is 6.49. The summed E-state index contributed by atoms with van der Waals surface area (Å²) in [6.07, 6.45) is 9.85. The molecule has 123 heavy (non-hydrogen) atoms. The van der Waals surface area contributed by atoms with E-state index in [0.717, 1.165) is 230 Å². The summed E-state index contributed by atoms with van der Waals surface area (Å²) in [5, 5.41) is 46.8. The molecule has 0 fully saturated rings. The first-order chi connectivity index (χ1) is 59.2. The molecule has 24 heteroatoms. The summed E-state index contributed by atoms with van der Waals surface area (Å²) in [6.45, 7) is 25.4. The molecule has 1 aromatic heterocycles. The monoisotopic (exact) mass is 1750 g/mol. The maximum Gasteiger partial charge on any atom is 0.242 e. The van der Waals surface area contributed by atoms with Crippen LogP contribution in [0.4, 0.5) is 5.95 Å². The number of aryl methyl sites for hydroxylation is 3. The summed E-state index contributed by atoms with van der Waals surface area (Å²) in [4.78, 5) is 4.24. The summed E-state index contributed by atoms with van der Waals surface area (Å²) in [7, 11) is 3.28. The largest absolute Gasteiger partial charge is 0.497 e. The molecule has 0 unspecified atom stereocenters. The lowest BCUT2D eigenvalue weighted by Crippen LogP contribution is -2.10. The number of anilines is 1. The van der Waals surface area contributed by atoms with Crippen LogP contribution in [0.5, 0.6) is 69.0 Å². The van der Waals surface area contributed by atoms with E-state index in [4.69, 9.17) is 91.2 Å². The lowest BCUT2D eigenvalue weighted by molar-refractivity contribution is 0.408. The van der Waals surface area contributed by atoms with Crippen LogP contribution in [0.15, 0.2) is 247 Å². The third-order valence-corrected chi connectivity index (χ3v) is 21.9. The molecule has 11 aromatic rings. The van der Waals surface area contributed by atoms with Crippen molar-refractivity contribution in [2.45, 2.75) is 178 Å². The number of rotatable bonds is 28. The molecule has 0 spiro atoms. The Morgan fingerprint density at radius 3 is 1.06 bits per heavy atom. The van der Waals surface area contributed by atoms with Crippen LogP contribution in [0.2, 0.25) is 25.1 Å². The number of H-pyrrole nitrogens is 1. The SMILES string of the molecule is CC1=NN=C(CCc2c(Cl)cccc2Oc2cc(C)ccc2C(C)C)C1.CC1=NN=C(CCc2c(Cl)cccc2Oc2ccc(C)cc2)C1.COc1ccc(Oc2cccc(Cl)c2CCC2=NN=C(C)C2)cc1.COc1cccc(Oc2cccc(Cl)c2CCC2=NN=C(C)C2)c1.Cc1nc(NCc2c(Cl)cccc2Oc2ccc(C(C)(C)C)cc2)n[nH]1. The molecule has 15 rings (SSSR count). The quantitative estimate of drug-likeness (QED) is 0.0473. The number of ether oxygens (including phenoxy) is 7. The Hall–Kier alpha value is -11.5. The standard InChI is InChI=1S/C22H25ClN2O.C20H23ClN4O.2C19H19ClN2O2.C19H19ClN2O/c1-14(2)18-10-8-15(3)12-22(18)26-21-7-5-6-20(23)19(21)11-9-17-13-16(4)24-25-17;1-13-23-19(25-24-13)22-12-16-17(21)6-5-7-18(16)26-15-10-8-14(9-11-15)20(2,3)4;1-13-11-14(22-21-13)9-10-17-18(20)7-4-8-19(17)24-16-6-3-5-15(12-16)23-2;1-13-12-14(22-21-13)6-11-17-18(20)4-3-5-19(17)24-16-9-7-15(23-2)8-10-16;1-13-6-9-16(10-7-13)23-19-5-3-4-18(20)17(19)11-8-15-12-14(2)21-22-15/h5-8,10,12,14H,9,11,13H2,1-4H3;5-11H,12H2,1-4H3,(H2,22,23,24,25);3-8,12H,9-11H2,1-2H3;3-5,7-10H,6,11-12H2,1-2H3;3-7,9-10H,8,11-12H2,1-2H3. The zero-order valence-electron chi connectivity index (χ0n) is 72.1. The van der Waals surface area contributed by atoms with Crippen molar-refractivity contribution in [3.8, 4) is 69.0 Å². The molecule has 0 amide bonds. The Bertz CT molecular complexity index is 5710. The number of aromatic amines is 1. The first kappa shape index (κ1) is 92.3. The molecule has 5 heterocycles. The zero-order chi connectivity index (χ0) is 87.5. The van der Waals surface area contributed by atoms with E-state index in [9.17, 15) is 0 Å². The van der Waals surface area contributed by atoms with E-state index in [1.807, 2.05) is 211 Å². The van der Waals surface area contributed by atoms with Crippen LogP contribution in [0.3, 0.4) is 0 Å². The Kier molecular flexibility index (Phi) is 33.8. The van der Waals surface area contributed by atoms with Gasteiger partial charge in [0.1, 0.15) is 74.8 Å². The first-order valence-electron chi connectivity index (χ1n) is 41.0. The van der Waals surface area contributed by atoms with Crippen molar-refractivity contribution in [3.63, 3.8) is 0 Å². The smallest absolute Gasteiger partial charge is 0.242 e. The third-order valence-electron chi connectivity index (χ3n) is 20.1. The number of methoxy groups -OCH3 is 2. The Balaban J connectivity index is 0.000000150. The van der Waals surface area contributed by atoms with Gasteiger partial charge >= 0.3 is 0 Å². The molecule has 0 saturated carbocycles. The second-order valence-electron chi connectivity index (χ2n) is 31.5. The normalized spacial score (nSPS) is 13.1. The Morgan fingerprint density at radius 1 is 0.350 bits per heavy atom. The van der Waals surface area contributed by atoms with Gasteiger partial charge in [0.05, 0.1) is 14.2 Å². The Labute approximate surface area is 747 Å². The van der Waals surface area contributed by atoms with Crippen LogP contribution in [0, 0.1) is 20.8 Å². The molecule has 2 N–H and O–H groups in total. The van der Waals surface area contributed by atoms with Gasteiger partial charge in [-0.1, -0.05) is 171 Å². The van der Waals surface area contributed by atoms with Crippen molar-refractivity contribution < 1.29 is 33.2 Å². The molecule has 0 aliphatic carbocycles. The predicted molar refractivity (Wildman–Crippen MR) is 508 cm³/mol. The second-order valence-corrected chi connectivity index (χ2v) is 33.6. The van der Waals surface area contributed by atoms with Crippen LogP contribution in [0.1, 0.15) is 175 Å². The van der Waals surface area contributed by atoms with Gasteiger partial charge in [-0.05, 0) is 255 Å². The lowest BCUT2D eigenvalue weighted by Gasteiger charge is -2.19. The van der Waals surface area contributed by atoms with E-state index in [1.165, 1.54) is 22.3 Å². The number of halogens is 5. The number of hydrogen-bond donors (Lipinski definition) is 2. The fourth-order valence-electron chi connectivity index (χ4n) is 13.4. The number of benzene rings is 10. The summed E-state index contributed by atoms with van der Waals surface area (Å²) < 4.78 is 40.9. The van der Waals surface area contributed by atoms with Crippen LogP contribution < -0.4 is 38.5 Å². The van der Waals surface area contributed by atoms with Crippen molar-refractivity contribution in [2.24, 2.45) is 40.8 Å². The van der Waals surface area contributed by atoms with Crippen molar-refractivity contribution in [1.29, 1.82) is 0 Å². The number of nitrogens with zero attached hydrogens (tertiary/aromatic N) is 10. The van der Waals surface area contributed by atoms with E-state index in [2.05, 4.69) is 140 Å². The Morgan fingerprint density at radius 2 is 0.691 bits per heavy atom. The highest BCUT2D eigenvalue weighted by atomic mass is 35.5. The molecule has 638 valence electrons. The molecule has 0 saturated heterocycles. The summed E-state index contributed by atoms with van der Waals surface area (Å²) >= 11 is 32.0. The number of nitrogens with one attached hydrogen (secondary N) is 2. The highest BCUT2D eigenvalue weighted by Gasteiger charge is 2.22. The molecule has 4 aliphatic rings. The average molecular weight is 1750 g/mol. The van der Waals surface area contributed by atoms with Crippen molar-refractivity contribution in [3.05, 3.63) is 287 Å². The van der Waals surface area contributed by atoms with Gasteiger partial charge in [0.15, 0.2) is 0 Å². The highest BCUT2D eigenvalue weighted by Crippen LogP contribution is 2.40. The average Bonchev–Trinajstić information content (AvgIpc) is 1.17. The van der Waals surface area contributed by atoms with E-state index < -0.39 is 0 Å².